The average molecular weight is 362 g/mol. The van der Waals surface area contributed by atoms with Crippen molar-refractivity contribution in [2.75, 3.05) is 18.0 Å². The smallest absolute Gasteiger partial charge is 0.271 e. The van der Waals surface area contributed by atoms with Crippen LogP contribution in [0.25, 0.3) is 0 Å². The number of benzene rings is 2. The lowest BCUT2D eigenvalue weighted by Crippen LogP contribution is -2.27. The lowest BCUT2D eigenvalue weighted by Gasteiger charge is -2.17. The Bertz CT molecular complexity index is 941. The maximum Gasteiger partial charge on any atom is 0.271 e. The summed E-state index contributed by atoms with van der Waals surface area (Å²) in [5.41, 5.74) is 3.68. The van der Waals surface area contributed by atoms with Gasteiger partial charge in [-0.3, -0.25) is 4.79 Å². The Labute approximate surface area is 156 Å². The van der Waals surface area contributed by atoms with Gasteiger partial charge in [-0.15, -0.1) is 10.2 Å². The first kappa shape index (κ1) is 17.1. The fraction of sp³-hybridized carbons (Fsp3) is 0.190. The summed E-state index contributed by atoms with van der Waals surface area (Å²) in [7, 11) is 0. The maximum absolute atomic E-state index is 12.9. The molecule has 0 saturated carbocycles. The summed E-state index contributed by atoms with van der Waals surface area (Å²) in [6.07, 6.45) is 1.60. The van der Waals surface area contributed by atoms with Crippen LogP contribution in [-0.4, -0.2) is 29.2 Å². The highest BCUT2D eigenvalue weighted by atomic mass is 19.1. The van der Waals surface area contributed by atoms with Gasteiger partial charge in [0.2, 0.25) is 0 Å². The molecule has 0 aliphatic carbocycles. The van der Waals surface area contributed by atoms with E-state index in [1.165, 1.54) is 17.7 Å². The number of fused-ring (bicyclic) bond motifs is 1. The first-order valence-electron chi connectivity index (χ1n) is 8.92. The summed E-state index contributed by atoms with van der Waals surface area (Å²) >= 11 is 0. The van der Waals surface area contributed by atoms with Crippen LogP contribution < -0.4 is 10.2 Å². The van der Waals surface area contributed by atoms with Gasteiger partial charge in [0.15, 0.2) is 11.5 Å². The second-order valence-corrected chi connectivity index (χ2v) is 6.44. The molecule has 1 N–H and O–H groups in total. The van der Waals surface area contributed by atoms with Crippen LogP contribution in [0.4, 0.5) is 15.9 Å². The average Bonchev–Trinajstić information content (AvgIpc) is 3.14. The first-order valence-corrected chi connectivity index (χ1v) is 8.92. The Hall–Kier alpha value is -3.28. The van der Waals surface area contributed by atoms with Crippen molar-refractivity contribution in [2.45, 2.75) is 12.8 Å². The van der Waals surface area contributed by atoms with Crippen molar-refractivity contribution >= 4 is 17.4 Å². The molecule has 3 aromatic rings. The van der Waals surface area contributed by atoms with Crippen LogP contribution in [0.3, 0.4) is 0 Å². The lowest BCUT2D eigenvalue weighted by atomic mass is 10.1. The van der Waals surface area contributed by atoms with Crippen LogP contribution in [0, 0.1) is 5.82 Å². The summed E-state index contributed by atoms with van der Waals surface area (Å²) in [6, 6.07) is 18.0. The number of aromatic nitrogens is 2. The van der Waals surface area contributed by atoms with E-state index >= 15 is 0 Å². The molecule has 2 heterocycles. The largest absolute Gasteiger partial charge is 0.350 e. The van der Waals surface area contributed by atoms with E-state index in [2.05, 4.69) is 32.5 Å². The quantitative estimate of drug-likeness (QED) is 0.757. The van der Waals surface area contributed by atoms with Crippen LogP contribution in [-0.2, 0) is 12.8 Å². The van der Waals surface area contributed by atoms with Crippen molar-refractivity contribution in [1.29, 1.82) is 0 Å². The molecule has 1 aliphatic heterocycles. The van der Waals surface area contributed by atoms with Gasteiger partial charge in [0.05, 0.1) is 0 Å². The number of anilines is 2. The highest BCUT2D eigenvalue weighted by Gasteiger charge is 2.21. The molecular weight excluding hydrogens is 343 g/mol. The number of nitrogens with zero attached hydrogens (tertiary/aromatic N) is 3. The number of hydrogen-bond acceptors (Lipinski definition) is 4. The molecule has 0 radical (unpaired) electrons. The Kier molecular flexibility index (Phi) is 4.78. The Morgan fingerprint density at radius 3 is 2.63 bits per heavy atom. The highest BCUT2D eigenvalue weighted by molar-refractivity contribution is 5.92. The molecule has 0 fully saturated rings. The molecule has 4 rings (SSSR count). The minimum Gasteiger partial charge on any atom is -0.350 e. The van der Waals surface area contributed by atoms with Gasteiger partial charge in [-0.2, -0.15) is 0 Å². The van der Waals surface area contributed by atoms with E-state index in [1.54, 1.807) is 18.2 Å². The number of halogens is 1. The van der Waals surface area contributed by atoms with Crippen LogP contribution in [0.1, 0.15) is 21.6 Å². The molecule has 0 bridgehead atoms. The molecule has 0 saturated heterocycles. The molecule has 5 nitrogen and oxygen atoms in total. The zero-order chi connectivity index (χ0) is 18.6. The van der Waals surface area contributed by atoms with Crippen LogP contribution in [0.2, 0.25) is 0 Å². The summed E-state index contributed by atoms with van der Waals surface area (Å²) in [5.74, 6) is 0.208. The van der Waals surface area contributed by atoms with Gasteiger partial charge in [0.1, 0.15) is 5.82 Å². The van der Waals surface area contributed by atoms with Crippen LogP contribution in [0.15, 0.2) is 60.7 Å². The van der Waals surface area contributed by atoms with E-state index in [1.807, 2.05) is 18.2 Å². The molecule has 1 aliphatic rings. The van der Waals surface area contributed by atoms with E-state index < -0.39 is 0 Å². The lowest BCUT2D eigenvalue weighted by molar-refractivity contribution is 0.0948. The van der Waals surface area contributed by atoms with Crippen molar-refractivity contribution in [3.63, 3.8) is 0 Å². The van der Waals surface area contributed by atoms with Crippen molar-refractivity contribution in [2.24, 2.45) is 0 Å². The second kappa shape index (κ2) is 7.53. The maximum atomic E-state index is 12.9. The molecule has 0 spiro atoms. The predicted octanol–water partition coefficient (Wildman–Crippen LogP) is 3.28. The third kappa shape index (κ3) is 3.79. The SMILES string of the molecule is O=C(NCCc1ccc(F)cc1)c1ccc(N2CCc3ccccc32)nn1. The first-order chi connectivity index (χ1) is 13.2. The van der Waals surface area contributed by atoms with E-state index in [0.717, 1.165) is 30.0 Å². The normalized spacial score (nSPS) is 12.7. The van der Waals surface area contributed by atoms with E-state index in [0.29, 0.717) is 13.0 Å². The van der Waals surface area contributed by atoms with E-state index in [-0.39, 0.29) is 17.4 Å². The fourth-order valence-corrected chi connectivity index (χ4v) is 3.23. The number of amides is 1. The minimum absolute atomic E-state index is 0.265. The Morgan fingerprint density at radius 2 is 1.85 bits per heavy atom. The fourth-order valence-electron chi connectivity index (χ4n) is 3.23. The molecule has 0 unspecified atom stereocenters. The highest BCUT2D eigenvalue weighted by Crippen LogP contribution is 2.32. The molecule has 2 aromatic carbocycles. The van der Waals surface area contributed by atoms with Gasteiger partial charge >= 0.3 is 0 Å². The predicted molar refractivity (Wildman–Crippen MR) is 102 cm³/mol. The number of hydrogen-bond donors (Lipinski definition) is 1. The summed E-state index contributed by atoms with van der Waals surface area (Å²) in [6.45, 7) is 1.31. The van der Waals surface area contributed by atoms with Gasteiger partial charge in [-0.1, -0.05) is 30.3 Å². The topological polar surface area (TPSA) is 58.1 Å². The summed E-state index contributed by atoms with van der Waals surface area (Å²) < 4.78 is 12.9. The van der Waals surface area contributed by atoms with Gasteiger partial charge in [-0.25, -0.2) is 4.39 Å². The summed E-state index contributed by atoms with van der Waals surface area (Å²) in [5, 5.41) is 11.1. The summed E-state index contributed by atoms with van der Waals surface area (Å²) in [4.78, 5) is 14.3. The molecular formula is C21H19FN4O. The number of carbonyl (C=O) groups excluding carboxylic acids is 1. The van der Waals surface area contributed by atoms with Crippen molar-refractivity contribution in [1.82, 2.24) is 15.5 Å². The zero-order valence-corrected chi connectivity index (χ0v) is 14.7. The van der Waals surface area contributed by atoms with E-state index in [9.17, 15) is 9.18 Å². The van der Waals surface area contributed by atoms with Crippen molar-refractivity contribution < 1.29 is 9.18 Å². The number of para-hydroxylation sites is 1. The van der Waals surface area contributed by atoms with Crippen LogP contribution in [0.5, 0.6) is 0 Å². The van der Waals surface area contributed by atoms with Crippen molar-refractivity contribution in [3.8, 4) is 0 Å². The van der Waals surface area contributed by atoms with Crippen LogP contribution >= 0.6 is 0 Å². The third-order valence-electron chi connectivity index (χ3n) is 4.66. The Morgan fingerprint density at radius 1 is 1.04 bits per heavy atom. The Balaban J connectivity index is 1.36. The zero-order valence-electron chi connectivity index (χ0n) is 14.7. The minimum atomic E-state index is -0.266. The standard InChI is InChI=1S/C21H19FN4O/c22-17-7-5-15(6-8-17)11-13-23-21(27)18-9-10-20(25-24-18)26-14-12-16-3-1-2-4-19(16)26/h1-10H,11-14H2,(H,23,27). The monoisotopic (exact) mass is 362 g/mol. The molecule has 136 valence electrons. The number of nitrogens with one attached hydrogen (secondary N) is 1. The number of carbonyl (C=O) groups is 1. The third-order valence-corrected chi connectivity index (χ3v) is 4.66. The van der Waals surface area contributed by atoms with Gasteiger partial charge in [-0.05, 0) is 54.3 Å². The molecule has 27 heavy (non-hydrogen) atoms. The molecule has 1 aromatic heterocycles. The number of rotatable bonds is 5. The van der Waals surface area contributed by atoms with Gasteiger partial charge < -0.3 is 10.2 Å². The second-order valence-electron chi connectivity index (χ2n) is 6.44. The molecule has 6 heteroatoms. The van der Waals surface area contributed by atoms with E-state index in [4.69, 9.17) is 0 Å². The van der Waals surface area contributed by atoms with Gasteiger partial charge in [0.25, 0.3) is 5.91 Å². The van der Waals surface area contributed by atoms with Crippen molar-refractivity contribution in [3.05, 3.63) is 83.3 Å². The molecule has 1 amide bonds. The van der Waals surface area contributed by atoms with Gasteiger partial charge in [0, 0.05) is 18.8 Å². The molecule has 0 atom stereocenters.